The zero-order valence-corrected chi connectivity index (χ0v) is 18.9. The maximum Gasteiger partial charge on any atom is 0.333 e. The van der Waals surface area contributed by atoms with Gasteiger partial charge in [0.1, 0.15) is 6.54 Å². The largest absolute Gasteiger partial charge is 0.333 e. The van der Waals surface area contributed by atoms with Gasteiger partial charge in [-0.15, -0.1) is 0 Å². The number of aryl methyl sites for hydroxylation is 3. The molecule has 0 fully saturated rings. The van der Waals surface area contributed by atoms with Gasteiger partial charge in [0.05, 0.1) is 26.8 Å². The number of benzene rings is 1. The Hall–Kier alpha value is -2.39. The Morgan fingerprint density at radius 1 is 1.07 bits per heavy atom. The summed E-state index contributed by atoms with van der Waals surface area (Å²) in [5.41, 5.74) is 6.48. The molecule has 0 atom stereocenters. The summed E-state index contributed by atoms with van der Waals surface area (Å²) in [5.74, 6) is 0. The maximum absolute atomic E-state index is 12.8. The monoisotopic (exact) mass is 432 g/mol. The summed E-state index contributed by atoms with van der Waals surface area (Å²) in [6, 6.07) is 3.06. The third kappa shape index (κ3) is 4.09. The summed E-state index contributed by atoms with van der Waals surface area (Å²) in [6.45, 7) is 0.619. The standard InChI is InChI=1S/C21H29N5O3S/c1-25-16(13-26(2,3)4)12-19(23-25)30(28,29)24-21(27)22-20-17-9-5-7-14(17)11-15-8-6-10-18(15)20/h11-12H,5-10,13H2,1-4H3,(H-,22,24,27)/p+1. The summed E-state index contributed by atoms with van der Waals surface area (Å²) in [5, 5.41) is 6.83. The Morgan fingerprint density at radius 3 is 2.23 bits per heavy atom. The molecule has 0 bridgehead atoms. The van der Waals surface area contributed by atoms with E-state index in [1.165, 1.54) is 17.2 Å². The first-order valence-corrected chi connectivity index (χ1v) is 11.9. The molecular weight excluding hydrogens is 402 g/mol. The zero-order valence-electron chi connectivity index (χ0n) is 18.1. The second-order valence-electron chi connectivity index (χ2n) is 9.34. The molecule has 1 aromatic carbocycles. The number of rotatable bonds is 5. The van der Waals surface area contributed by atoms with E-state index in [-0.39, 0.29) is 5.03 Å². The van der Waals surface area contributed by atoms with Crippen molar-refractivity contribution >= 4 is 21.7 Å². The van der Waals surface area contributed by atoms with Crippen LogP contribution >= 0.6 is 0 Å². The second kappa shape index (κ2) is 7.39. The number of fused-ring (bicyclic) bond motifs is 2. The molecule has 0 aliphatic heterocycles. The minimum absolute atomic E-state index is 0.146. The number of hydrogen-bond acceptors (Lipinski definition) is 4. The molecular formula is C21H30N5O3S+. The molecule has 30 heavy (non-hydrogen) atoms. The summed E-state index contributed by atoms with van der Waals surface area (Å²) in [4.78, 5) is 12.7. The van der Waals surface area contributed by atoms with Gasteiger partial charge in [-0.1, -0.05) is 6.07 Å². The Bertz CT molecular complexity index is 1080. The predicted octanol–water partition coefficient (Wildman–Crippen LogP) is 2.11. The molecule has 4 rings (SSSR count). The van der Waals surface area contributed by atoms with Crippen molar-refractivity contribution < 1.29 is 17.7 Å². The highest BCUT2D eigenvalue weighted by atomic mass is 32.2. The summed E-state index contributed by atoms with van der Waals surface area (Å²) < 4.78 is 29.9. The normalized spacial score (nSPS) is 15.7. The molecule has 2 aliphatic rings. The van der Waals surface area contributed by atoms with Crippen LogP contribution in [0.4, 0.5) is 10.5 Å². The Morgan fingerprint density at radius 2 is 1.67 bits per heavy atom. The number of aromatic nitrogens is 2. The van der Waals surface area contributed by atoms with Gasteiger partial charge in [-0.3, -0.25) is 4.68 Å². The van der Waals surface area contributed by atoms with E-state index in [2.05, 4.69) is 21.2 Å². The van der Waals surface area contributed by atoms with Crippen LogP contribution in [0, 0.1) is 0 Å². The average Bonchev–Trinajstić information content (AvgIpc) is 3.33. The molecule has 1 aromatic heterocycles. The van der Waals surface area contributed by atoms with E-state index in [4.69, 9.17) is 0 Å². The maximum atomic E-state index is 12.8. The number of nitrogens with zero attached hydrogens (tertiary/aromatic N) is 3. The summed E-state index contributed by atoms with van der Waals surface area (Å²) >= 11 is 0. The number of amides is 2. The van der Waals surface area contributed by atoms with Crippen LogP contribution in [0.5, 0.6) is 0 Å². The van der Waals surface area contributed by atoms with E-state index in [9.17, 15) is 13.2 Å². The highest BCUT2D eigenvalue weighted by Crippen LogP contribution is 2.38. The van der Waals surface area contributed by atoms with E-state index in [1.807, 2.05) is 21.1 Å². The van der Waals surface area contributed by atoms with Crippen LogP contribution in [0.3, 0.4) is 0 Å². The van der Waals surface area contributed by atoms with Crippen LogP contribution < -0.4 is 10.0 Å². The molecule has 8 nitrogen and oxygen atoms in total. The number of anilines is 1. The Balaban J connectivity index is 1.55. The van der Waals surface area contributed by atoms with Crippen molar-refractivity contribution in [3.63, 3.8) is 0 Å². The zero-order chi connectivity index (χ0) is 21.7. The van der Waals surface area contributed by atoms with Crippen molar-refractivity contribution in [1.82, 2.24) is 14.5 Å². The predicted molar refractivity (Wildman–Crippen MR) is 115 cm³/mol. The van der Waals surface area contributed by atoms with Crippen LogP contribution in [0.25, 0.3) is 0 Å². The van der Waals surface area contributed by atoms with Gasteiger partial charge in [0.25, 0.3) is 10.0 Å². The van der Waals surface area contributed by atoms with Crippen molar-refractivity contribution in [2.45, 2.75) is 50.1 Å². The molecule has 2 aliphatic carbocycles. The van der Waals surface area contributed by atoms with Gasteiger partial charge >= 0.3 is 6.03 Å². The molecule has 9 heteroatoms. The number of carbonyl (C=O) groups is 1. The van der Waals surface area contributed by atoms with E-state index >= 15 is 0 Å². The first-order valence-electron chi connectivity index (χ1n) is 10.4. The van der Waals surface area contributed by atoms with E-state index in [0.29, 0.717) is 11.0 Å². The van der Waals surface area contributed by atoms with Gasteiger partial charge in [-0.25, -0.2) is 9.52 Å². The fraction of sp³-hybridized carbons (Fsp3) is 0.524. The highest BCUT2D eigenvalue weighted by molar-refractivity contribution is 7.90. The summed E-state index contributed by atoms with van der Waals surface area (Å²) in [7, 11) is 3.70. The number of sulfonamides is 1. The van der Waals surface area contributed by atoms with Crippen LogP contribution in [0.15, 0.2) is 17.2 Å². The van der Waals surface area contributed by atoms with E-state index in [0.717, 1.165) is 61.0 Å². The van der Waals surface area contributed by atoms with Crippen molar-refractivity contribution in [3.8, 4) is 0 Å². The lowest BCUT2D eigenvalue weighted by Gasteiger charge is -2.23. The number of urea groups is 1. The average molecular weight is 433 g/mol. The molecule has 0 radical (unpaired) electrons. The number of quaternary nitrogens is 1. The topological polar surface area (TPSA) is 93.1 Å². The fourth-order valence-corrected chi connectivity index (χ4v) is 5.44. The van der Waals surface area contributed by atoms with Gasteiger partial charge < -0.3 is 9.80 Å². The fourth-order valence-electron chi connectivity index (χ4n) is 4.52. The molecule has 2 aromatic rings. The van der Waals surface area contributed by atoms with Crippen molar-refractivity contribution in [1.29, 1.82) is 0 Å². The van der Waals surface area contributed by atoms with Gasteiger partial charge in [0.2, 0.25) is 0 Å². The molecule has 0 spiro atoms. The van der Waals surface area contributed by atoms with Crippen molar-refractivity contribution in [2.24, 2.45) is 7.05 Å². The number of hydrogen-bond donors (Lipinski definition) is 2. The lowest BCUT2D eigenvalue weighted by Crippen LogP contribution is -2.35. The minimum atomic E-state index is -4.07. The highest BCUT2D eigenvalue weighted by Gasteiger charge is 2.28. The molecule has 2 N–H and O–H groups in total. The summed E-state index contributed by atoms with van der Waals surface area (Å²) in [6.07, 6.45) is 5.99. The molecule has 2 amide bonds. The van der Waals surface area contributed by atoms with Gasteiger partial charge in [-0.05, 0) is 60.8 Å². The van der Waals surface area contributed by atoms with E-state index < -0.39 is 16.1 Å². The van der Waals surface area contributed by atoms with Gasteiger partial charge in [0.15, 0.2) is 5.03 Å². The first kappa shape index (κ1) is 20.9. The number of nitrogens with one attached hydrogen (secondary N) is 2. The first-order chi connectivity index (χ1) is 14.0. The van der Waals surface area contributed by atoms with Crippen LogP contribution in [0.1, 0.15) is 40.8 Å². The number of carbonyl (C=O) groups excluding carboxylic acids is 1. The van der Waals surface area contributed by atoms with Crippen molar-refractivity contribution in [3.05, 3.63) is 40.1 Å². The third-order valence-corrected chi connectivity index (χ3v) is 7.01. The quantitative estimate of drug-likeness (QED) is 0.708. The van der Waals surface area contributed by atoms with Crippen LogP contribution in [0.2, 0.25) is 0 Å². The van der Waals surface area contributed by atoms with Crippen LogP contribution in [-0.2, 0) is 49.3 Å². The lowest BCUT2D eigenvalue weighted by atomic mass is 9.99. The SMILES string of the molecule is Cn1nc(S(=O)(=O)NC(=O)Nc2c3c(cc4c2CCC4)CCC3)cc1C[N+](C)(C)C. The molecule has 162 valence electrons. The second-order valence-corrected chi connectivity index (χ2v) is 11.0. The lowest BCUT2D eigenvalue weighted by molar-refractivity contribution is -0.884. The van der Waals surface area contributed by atoms with Crippen molar-refractivity contribution in [2.75, 3.05) is 26.5 Å². The van der Waals surface area contributed by atoms with Gasteiger partial charge in [0, 0.05) is 18.8 Å². The molecule has 0 saturated heterocycles. The van der Waals surface area contributed by atoms with E-state index in [1.54, 1.807) is 11.7 Å². The Kier molecular flexibility index (Phi) is 5.14. The molecule has 0 unspecified atom stereocenters. The van der Waals surface area contributed by atoms with Gasteiger partial charge in [-0.2, -0.15) is 13.5 Å². The Labute approximate surface area is 177 Å². The van der Waals surface area contributed by atoms with Crippen LogP contribution in [-0.4, -0.2) is 49.9 Å². The minimum Gasteiger partial charge on any atom is -0.326 e. The molecule has 0 saturated carbocycles. The smallest absolute Gasteiger partial charge is 0.326 e. The third-order valence-electron chi connectivity index (χ3n) is 5.80. The molecule has 1 heterocycles.